The smallest absolute Gasteiger partial charge is 0.174 e. The molecule has 6 nitrogen and oxygen atoms in total. The molecule has 0 amide bonds. The van der Waals surface area contributed by atoms with E-state index in [1.807, 2.05) is 43.5 Å². The van der Waals surface area contributed by atoms with Crippen LogP contribution in [0, 0.1) is 5.92 Å². The molecule has 2 aliphatic rings. The highest BCUT2D eigenvalue weighted by molar-refractivity contribution is 7.80. The molecule has 4 aromatic rings. The summed E-state index contributed by atoms with van der Waals surface area (Å²) in [6.07, 6.45) is 6.30. The molecule has 0 saturated carbocycles. The van der Waals surface area contributed by atoms with Crippen molar-refractivity contribution in [1.29, 1.82) is 0 Å². The predicted octanol–water partition coefficient (Wildman–Crippen LogP) is 7.34. The lowest BCUT2D eigenvalue weighted by Gasteiger charge is -2.33. The summed E-state index contributed by atoms with van der Waals surface area (Å²) in [5.41, 5.74) is 5.12. The van der Waals surface area contributed by atoms with Gasteiger partial charge in [0.05, 0.1) is 29.1 Å². The van der Waals surface area contributed by atoms with E-state index in [0.29, 0.717) is 11.7 Å². The molecule has 1 N–H and O–H groups in total. The largest absolute Gasteiger partial charge is 0.494 e. The second-order valence-electron chi connectivity index (χ2n) is 10.5. The Morgan fingerprint density at radius 2 is 1.77 bits per heavy atom. The Labute approximate surface area is 246 Å². The SMILES string of the molecule is CCOc1ccc(-n2cccc2C2C(c3ccccn3)NC(=S)N2c2ccc(N3CCC(C)CC3)c(Cl)c2)cc1. The summed E-state index contributed by atoms with van der Waals surface area (Å²) in [5.74, 6) is 1.62. The van der Waals surface area contributed by atoms with Gasteiger partial charge in [-0.3, -0.25) is 4.98 Å². The van der Waals surface area contributed by atoms with Crippen molar-refractivity contribution in [2.75, 3.05) is 29.5 Å². The van der Waals surface area contributed by atoms with E-state index < -0.39 is 0 Å². The fraction of sp³-hybridized carbons (Fsp3) is 0.312. The number of aromatic nitrogens is 2. The van der Waals surface area contributed by atoms with Crippen LogP contribution in [0.1, 0.15) is 50.2 Å². The van der Waals surface area contributed by atoms with Gasteiger partial charge in [0.25, 0.3) is 0 Å². The molecule has 2 aliphatic heterocycles. The van der Waals surface area contributed by atoms with E-state index in [4.69, 9.17) is 33.5 Å². The van der Waals surface area contributed by atoms with Crippen molar-refractivity contribution in [3.8, 4) is 11.4 Å². The standard InChI is InChI=1S/C32H34ClN5OS/c1-3-39-25-12-9-23(10-13-25)37-18-6-8-29(37)31-30(27-7-4-5-17-34-27)35-32(40)38(31)24-11-14-28(26(33)21-24)36-19-15-22(2)16-20-36/h4-14,17-18,21-22,30-31H,3,15-16,19-20H2,1-2H3,(H,35,40). The molecule has 4 heterocycles. The van der Waals surface area contributed by atoms with Crippen LogP contribution in [0.3, 0.4) is 0 Å². The first-order valence-corrected chi connectivity index (χ1v) is 14.8. The Morgan fingerprint density at radius 3 is 2.48 bits per heavy atom. The number of hydrogen-bond acceptors (Lipinski definition) is 4. The van der Waals surface area contributed by atoms with Crippen LogP contribution in [0.15, 0.2) is 85.2 Å². The predicted molar refractivity (Wildman–Crippen MR) is 167 cm³/mol. The fourth-order valence-electron chi connectivity index (χ4n) is 5.82. The van der Waals surface area contributed by atoms with E-state index in [1.54, 1.807) is 0 Å². The van der Waals surface area contributed by atoms with Crippen LogP contribution in [-0.2, 0) is 0 Å². The van der Waals surface area contributed by atoms with Crippen LogP contribution in [0.25, 0.3) is 5.69 Å². The molecule has 8 heteroatoms. The maximum atomic E-state index is 6.96. The second kappa shape index (κ2) is 11.5. The number of anilines is 2. The molecule has 0 bridgehead atoms. The molecule has 2 unspecified atom stereocenters. The van der Waals surface area contributed by atoms with Gasteiger partial charge in [-0.1, -0.05) is 24.6 Å². The molecule has 206 valence electrons. The third-order valence-corrected chi connectivity index (χ3v) is 8.56. The van der Waals surface area contributed by atoms with Gasteiger partial charge in [0.2, 0.25) is 0 Å². The van der Waals surface area contributed by atoms with Gasteiger partial charge < -0.3 is 24.4 Å². The lowest BCUT2D eigenvalue weighted by atomic mass is 9.98. The number of ether oxygens (including phenoxy) is 1. The lowest BCUT2D eigenvalue weighted by molar-refractivity contribution is 0.340. The Balaban J connectivity index is 1.40. The van der Waals surface area contributed by atoms with Crippen molar-refractivity contribution >= 4 is 40.3 Å². The molecule has 6 rings (SSSR count). The maximum Gasteiger partial charge on any atom is 0.174 e. The summed E-state index contributed by atoms with van der Waals surface area (Å²) < 4.78 is 7.89. The third kappa shape index (κ3) is 5.16. The van der Waals surface area contributed by atoms with Crippen molar-refractivity contribution in [3.63, 3.8) is 0 Å². The number of hydrogen-bond donors (Lipinski definition) is 1. The molecule has 0 aliphatic carbocycles. The van der Waals surface area contributed by atoms with Gasteiger partial charge in [0, 0.05) is 42.6 Å². The fourth-order valence-corrected chi connectivity index (χ4v) is 6.47. The van der Waals surface area contributed by atoms with Crippen LogP contribution >= 0.6 is 23.8 Å². The highest BCUT2D eigenvalue weighted by atomic mass is 35.5. The van der Waals surface area contributed by atoms with Crippen LogP contribution in [0.2, 0.25) is 5.02 Å². The molecular formula is C32H34ClN5OS. The Kier molecular flexibility index (Phi) is 7.67. The Morgan fingerprint density at radius 1 is 1.00 bits per heavy atom. The topological polar surface area (TPSA) is 45.6 Å². The summed E-state index contributed by atoms with van der Waals surface area (Å²) in [6, 6.07) is 24.5. The van der Waals surface area contributed by atoms with Crippen LogP contribution in [0.4, 0.5) is 11.4 Å². The first-order valence-electron chi connectivity index (χ1n) is 14.0. The Bertz CT molecular complexity index is 1470. The van der Waals surface area contributed by atoms with Crippen LogP contribution in [-0.4, -0.2) is 34.4 Å². The van der Waals surface area contributed by atoms with Gasteiger partial charge in [0.15, 0.2) is 5.11 Å². The molecule has 2 aromatic heterocycles. The summed E-state index contributed by atoms with van der Waals surface area (Å²) in [7, 11) is 0. The first-order chi connectivity index (χ1) is 19.5. The van der Waals surface area contributed by atoms with E-state index in [9.17, 15) is 0 Å². The lowest BCUT2D eigenvalue weighted by Crippen LogP contribution is -2.33. The number of pyridine rings is 1. The Hall–Kier alpha value is -3.55. The number of thiocarbonyl (C=S) groups is 1. The highest BCUT2D eigenvalue weighted by Crippen LogP contribution is 2.44. The zero-order valence-electron chi connectivity index (χ0n) is 22.8. The zero-order chi connectivity index (χ0) is 27.6. The molecule has 2 fully saturated rings. The quantitative estimate of drug-likeness (QED) is 0.234. The third-order valence-electron chi connectivity index (χ3n) is 7.94. The monoisotopic (exact) mass is 571 g/mol. The first kappa shape index (κ1) is 26.7. The summed E-state index contributed by atoms with van der Waals surface area (Å²) in [6.45, 7) is 7.02. The number of benzene rings is 2. The average molecular weight is 572 g/mol. The number of nitrogens with zero attached hydrogens (tertiary/aromatic N) is 4. The van der Waals surface area contributed by atoms with Crippen molar-refractivity contribution in [3.05, 3.63) is 102 Å². The summed E-state index contributed by atoms with van der Waals surface area (Å²) >= 11 is 12.9. The van der Waals surface area contributed by atoms with Crippen LogP contribution < -0.4 is 19.9 Å². The highest BCUT2D eigenvalue weighted by Gasteiger charge is 2.42. The minimum Gasteiger partial charge on any atom is -0.494 e. The van der Waals surface area contributed by atoms with Gasteiger partial charge in [0.1, 0.15) is 11.8 Å². The van der Waals surface area contributed by atoms with Crippen molar-refractivity contribution in [1.82, 2.24) is 14.9 Å². The minimum atomic E-state index is -0.151. The summed E-state index contributed by atoms with van der Waals surface area (Å²) in [4.78, 5) is 9.29. The number of piperidine rings is 1. The van der Waals surface area contributed by atoms with E-state index >= 15 is 0 Å². The van der Waals surface area contributed by atoms with E-state index in [1.165, 1.54) is 12.8 Å². The number of nitrogens with one attached hydrogen (secondary N) is 1. The van der Waals surface area contributed by atoms with Gasteiger partial charge in [-0.05, 0) is 105 Å². The molecular weight excluding hydrogens is 538 g/mol. The normalized spacial score (nSPS) is 19.6. The second-order valence-corrected chi connectivity index (χ2v) is 11.3. The average Bonchev–Trinajstić information content (AvgIpc) is 3.59. The van der Waals surface area contributed by atoms with E-state index in [-0.39, 0.29) is 12.1 Å². The molecule has 2 saturated heterocycles. The van der Waals surface area contributed by atoms with Crippen molar-refractivity contribution < 1.29 is 4.74 Å². The number of rotatable bonds is 7. The van der Waals surface area contributed by atoms with Gasteiger partial charge in [-0.25, -0.2) is 0 Å². The van der Waals surface area contributed by atoms with Crippen molar-refractivity contribution in [2.45, 2.75) is 38.8 Å². The zero-order valence-corrected chi connectivity index (χ0v) is 24.4. The van der Waals surface area contributed by atoms with E-state index in [0.717, 1.165) is 58.2 Å². The van der Waals surface area contributed by atoms with Gasteiger partial charge in [-0.15, -0.1) is 0 Å². The molecule has 0 spiro atoms. The van der Waals surface area contributed by atoms with Gasteiger partial charge >= 0.3 is 0 Å². The van der Waals surface area contributed by atoms with Gasteiger partial charge in [-0.2, -0.15) is 0 Å². The summed E-state index contributed by atoms with van der Waals surface area (Å²) in [5, 5.41) is 4.97. The minimum absolute atomic E-state index is 0.146. The van der Waals surface area contributed by atoms with E-state index in [2.05, 4.69) is 75.3 Å². The number of halogens is 1. The molecule has 40 heavy (non-hydrogen) atoms. The molecule has 2 atom stereocenters. The molecule has 0 radical (unpaired) electrons. The molecule has 2 aromatic carbocycles. The van der Waals surface area contributed by atoms with Crippen LogP contribution in [0.5, 0.6) is 5.75 Å². The van der Waals surface area contributed by atoms with Crippen molar-refractivity contribution in [2.24, 2.45) is 5.92 Å². The maximum absolute atomic E-state index is 6.96.